The number of carbonyl (C=O) groups excluding carboxylic acids is 2. The molecule has 4 nitrogen and oxygen atoms in total. The summed E-state index contributed by atoms with van der Waals surface area (Å²) in [6, 6.07) is 4.16. The van der Waals surface area contributed by atoms with Crippen LogP contribution in [0.25, 0.3) is 0 Å². The van der Waals surface area contributed by atoms with E-state index in [2.05, 4.69) is 5.32 Å². The summed E-state index contributed by atoms with van der Waals surface area (Å²) in [6.07, 6.45) is 0.740. The molecule has 1 aromatic rings. The van der Waals surface area contributed by atoms with E-state index in [1.165, 1.54) is 18.2 Å². The second kappa shape index (κ2) is 5.98. The van der Waals surface area contributed by atoms with Crippen LogP contribution in [0.1, 0.15) is 28.8 Å². The minimum atomic E-state index is -0.392. The molecule has 0 unspecified atom stereocenters. The second-order valence-electron chi connectivity index (χ2n) is 3.79. The summed E-state index contributed by atoms with van der Waals surface area (Å²) in [7, 11) is 0. The van der Waals surface area contributed by atoms with Crippen LogP contribution < -0.4 is 11.1 Å². The van der Waals surface area contributed by atoms with E-state index < -0.39 is 5.91 Å². The normalized spacial score (nSPS) is 10.0. The van der Waals surface area contributed by atoms with Crippen LogP contribution in [0, 0.1) is 12.7 Å². The number of aryl methyl sites for hydroxylation is 1. The number of primary amides is 1. The maximum Gasteiger partial charge on any atom is 0.251 e. The Balaban J connectivity index is 2.47. The predicted octanol–water partition coefficient (Wildman–Crippen LogP) is 1.13. The van der Waals surface area contributed by atoms with E-state index in [0.29, 0.717) is 24.1 Å². The molecule has 0 spiro atoms. The standard InChI is InChI=1S/C12H15FN2O2/c1-8-7-9(4-5-10(8)13)12(17)15-6-2-3-11(14)16/h4-5,7H,2-3,6H2,1H3,(H2,14,16)(H,15,17). The van der Waals surface area contributed by atoms with Gasteiger partial charge in [-0.2, -0.15) is 0 Å². The predicted molar refractivity (Wildman–Crippen MR) is 61.9 cm³/mol. The van der Waals surface area contributed by atoms with Crippen LogP contribution in [-0.4, -0.2) is 18.4 Å². The molecule has 0 aliphatic rings. The zero-order chi connectivity index (χ0) is 12.8. The lowest BCUT2D eigenvalue weighted by Gasteiger charge is -2.05. The van der Waals surface area contributed by atoms with Crippen molar-refractivity contribution in [1.82, 2.24) is 5.32 Å². The maximum atomic E-state index is 13.0. The molecule has 0 fully saturated rings. The van der Waals surface area contributed by atoms with Crippen molar-refractivity contribution >= 4 is 11.8 Å². The SMILES string of the molecule is Cc1cc(C(=O)NCCCC(N)=O)ccc1F. The molecular formula is C12H15FN2O2. The van der Waals surface area contributed by atoms with Crippen molar-refractivity contribution in [2.75, 3.05) is 6.54 Å². The van der Waals surface area contributed by atoms with Crippen molar-refractivity contribution in [2.45, 2.75) is 19.8 Å². The molecule has 0 saturated heterocycles. The first-order valence-corrected chi connectivity index (χ1v) is 5.33. The van der Waals surface area contributed by atoms with Crippen LogP contribution in [0.5, 0.6) is 0 Å². The van der Waals surface area contributed by atoms with Crippen LogP contribution in [0.3, 0.4) is 0 Å². The van der Waals surface area contributed by atoms with Gasteiger partial charge in [-0.25, -0.2) is 4.39 Å². The number of hydrogen-bond donors (Lipinski definition) is 2. The molecule has 92 valence electrons. The number of rotatable bonds is 5. The highest BCUT2D eigenvalue weighted by Crippen LogP contribution is 2.08. The Kier molecular flexibility index (Phi) is 4.63. The number of nitrogens with one attached hydrogen (secondary N) is 1. The van der Waals surface area contributed by atoms with Crippen LogP contribution in [0.4, 0.5) is 4.39 Å². The van der Waals surface area contributed by atoms with Crippen LogP contribution in [-0.2, 0) is 4.79 Å². The fourth-order valence-corrected chi connectivity index (χ4v) is 1.35. The number of benzene rings is 1. The molecule has 2 amide bonds. The van der Waals surface area contributed by atoms with Gasteiger partial charge in [-0.15, -0.1) is 0 Å². The molecule has 0 aliphatic carbocycles. The van der Waals surface area contributed by atoms with Gasteiger partial charge in [0.1, 0.15) is 5.82 Å². The molecule has 17 heavy (non-hydrogen) atoms. The second-order valence-corrected chi connectivity index (χ2v) is 3.79. The van der Waals surface area contributed by atoms with Gasteiger partial charge in [-0.3, -0.25) is 9.59 Å². The highest BCUT2D eigenvalue weighted by atomic mass is 19.1. The van der Waals surface area contributed by atoms with Gasteiger partial charge in [-0.1, -0.05) is 0 Å². The van der Waals surface area contributed by atoms with E-state index in [0.717, 1.165) is 0 Å². The topological polar surface area (TPSA) is 72.2 Å². The summed E-state index contributed by atoms with van der Waals surface area (Å²) >= 11 is 0. The van der Waals surface area contributed by atoms with E-state index in [4.69, 9.17) is 5.73 Å². The number of halogens is 1. The molecule has 0 heterocycles. The van der Waals surface area contributed by atoms with Crippen LogP contribution in [0.15, 0.2) is 18.2 Å². The Morgan fingerprint density at radius 3 is 2.71 bits per heavy atom. The quantitative estimate of drug-likeness (QED) is 0.755. The summed E-state index contributed by atoms with van der Waals surface area (Å²) in [4.78, 5) is 22.1. The zero-order valence-electron chi connectivity index (χ0n) is 9.63. The van der Waals surface area contributed by atoms with Crippen LogP contribution in [0.2, 0.25) is 0 Å². The summed E-state index contributed by atoms with van der Waals surface area (Å²) in [6.45, 7) is 1.97. The Labute approximate surface area is 99.0 Å². The van der Waals surface area contributed by atoms with Gasteiger partial charge in [0.05, 0.1) is 0 Å². The molecule has 0 atom stereocenters. The Morgan fingerprint density at radius 1 is 1.41 bits per heavy atom. The van der Waals surface area contributed by atoms with Gasteiger partial charge < -0.3 is 11.1 Å². The summed E-state index contributed by atoms with van der Waals surface area (Å²) in [5.41, 5.74) is 5.79. The van der Waals surface area contributed by atoms with Gasteiger partial charge in [-0.05, 0) is 37.1 Å². The molecule has 0 saturated carbocycles. The molecule has 3 N–H and O–H groups in total. The van der Waals surface area contributed by atoms with Crippen molar-refractivity contribution in [3.8, 4) is 0 Å². The maximum absolute atomic E-state index is 13.0. The first-order valence-electron chi connectivity index (χ1n) is 5.33. The van der Waals surface area contributed by atoms with E-state index >= 15 is 0 Å². The Hall–Kier alpha value is -1.91. The fraction of sp³-hybridized carbons (Fsp3) is 0.333. The highest BCUT2D eigenvalue weighted by Gasteiger charge is 2.07. The summed E-state index contributed by atoms with van der Waals surface area (Å²) in [5, 5.41) is 2.63. The Morgan fingerprint density at radius 2 is 2.12 bits per heavy atom. The number of hydrogen-bond acceptors (Lipinski definition) is 2. The van der Waals surface area contributed by atoms with E-state index in [-0.39, 0.29) is 18.1 Å². The first-order chi connectivity index (χ1) is 8.00. The number of carbonyl (C=O) groups is 2. The van der Waals surface area contributed by atoms with Crippen LogP contribution >= 0.6 is 0 Å². The van der Waals surface area contributed by atoms with Gasteiger partial charge in [0, 0.05) is 18.5 Å². The number of nitrogens with two attached hydrogens (primary N) is 1. The minimum Gasteiger partial charge on any atom is -0.370 e. The van der Waals surface area contributed by atoms with Gasteiger partial charge >= 0.3 is 0 Å². The molecule has 1 rings (SSSR count). The zero-order valence-corrected chi connectivity index (χ0v) is 9.63. The van der Waals surface area contributed by atoms with Gasteiger partial charge in [0.15, 0.2) is 0 Å². The monoisotopic (exact) mass is 238 g/mol. The Bertz CT molecular complexity index is 433. The summed E-state index contributed by atoms with van der Waals surface area (Å²) < 4.78 is 13.0. The van der Waals surface area contributed by atoms with Gasteiger partial charge in [0.25, 0.3) is 5.91 Å². The van der Waals surface area contributed by atoms with E-state index in [9.17, 15) is 14.0 Å². The lowest BCUT2D eigenvalue weighted by molar-refractivity contribution is -0.118. The third-order valence-corrected chi connectivity index (χ3v) is 2.31. The molecule has 0 aromatic heterocycles. The smallest absolute Gasteiger partial charge is 0.251 e. The van der Waals surface area contributed by atoms with Crippen molar-refractivity contribution < 1.29 is 14.0 Å². The van der Waals surface area contributed by atoms with E-state index in [1.54, 1.807) is 6.92 Å². The van der Waals surface area contributed by atoms with Crippen molar-refractivity contribution in [3.63, 3.8) is 0 Å². The highest BCUT2D eigenvalue weighted by molar-refractivity contribution is 5.94. The third kappa shape index (κ3) is 4.22. The molecule has 0 aliphatic heterocycles. The molecule has 1 aromatic carbocycles. The third-order valence-electron chi connectivity index (χ3n) is 2.31. The molecule has 5 heteroatoms. The van der Waals surface area contributed by atoms with Gasteiger partial charge in [0.2, 0.25) is 5.91 Å². The first kappa shape index (κ1) is 13.2. The largest absolute Gasteiger partial charge is 0.370 e. The molecule has 0 bridgehead atoms. The lowest BCUT2D eigenvalue weighted by Crippen LogP contribution is -2.25. The number of amides is 2. The minimum absolute atomic E-state index is 0.239. The van der Waals surface area contributed by atoms with E-state index in [1.807, 2.05) is 0 Å². The van der Waals surface area contributed by atoms with Crippen molar-refractivity contribution in [1.29, 1.82) is 0 Å². The van der Waals surface area contributed by atoms with Crippen molar-refractivity contribution in [3.05, 3.63) is 35.1 Å². The average molecular weight is 238 g/mol. The molecular weight excluding hydrogens is 223 g/mol. The summed E-state index contributed by atoms with van der Waals surface area (Å²) in [5.74, 6) is -1.01. The van der Waals surface area contributed by atoms with Crippen molar-refractivity contribution in [2.24, 2.45) is 5.73 Å². The fourth-order valence-electron chi connectivity index (χ4n) is 1.35. The lowest BCUT2D eigenvalue weighted by atomic mass is 10.1. The average Bonchev–Trinajstić information content (AvgIpc) is 2.27. The molecule has 0 radical (unpaired) electrons.